The van der Waals surface area contributed by atoms with Crippen LogP contribution in [0.25, 0.3) is 50.3 Å². The van der Waals surface area contributed by atoms with Gasteiger partial charge in [-0.3, -0.25) is 4.90 Å². The lowest BCUT2D eigenvalue weighted by atomic mass is 10.1. The van der Waals surface area contributed by atoms with Crippen LogP contribution in [0.1, 0.15) is 0 Å². The highest BCUT2D eigenvalue weighted by Gasteiger charge is 2.30. The molecule has 5 nitrogen and oxygen atoms in total. The van der Waals surface area contributed by atoms with Gasteiger partial charge in [0.1, 0.15) is 0 Å². The molecule has 0 aliphatic carbocycles. The van der Waals surface area contributed by atoms with Crippen molar-refractivity contribution < 1.29 is 0 Å². The number of aromatic nitrogens is 4. The third-order valence-corrected chi connectivity index (χ3v) is 7.17. The monoisotopic (exact) mass is 487 g/mol. The van der Waals surface area contributed by atoms with E-state index < -0.39 is 0 Å². The summed E-state index contributed by atoms with van der Waals surface area (Å²) in [5.41, 5.74) is 7.40. The Bertz CT molecular complexity index is 1920. The maximum atomic E-state index is 5.06. The zero-order valence-corrected chi connectivity index (χ0v) is 20.4. The summed E-state index contributed by atoms with van der Waals surface area (Å²) in [7, 11) is 0. The van der Waals surface area contributed by atoms with Gasteiger partial charge in [-0.15, -0.1) is 0 Å². The molecule has 178 valence electrons. The van der Waals surface area contributed by atoms with Gasteiger partial charge >= 0.3 is 0 Å². The second-order valence-electron chi connectivity index (χ2n) is 9.36. The van der Waals surface area contributed by atoms with Crippen LogP contribution >= 0.6 is 0 Å². The smallest absolute Gasteiger partial charge is 0.238 e. The fourth-order valence-electron chi connectivity index (χ4n) is 5.52. The molecule has 38 heavy (non-hydrogen) atoms. The summed E-state index contributed by atoms with van der Waals surface area (Å²) in [5, 5.41) is 2.44. The largest absolute Gasteiger partial charge is 0.305 e. The number of hydrogen-bond acceptors (Lipinski definition) is 4. The Labute approximate surface area is 219 Å². The number of fused-ring (bicyclic) bond motifs is 5. The maximum Gasteiger partial charge on any atom is 0.238 e. The van der Waals surface area contributed by atoms with Gasteiger partial charge in [-0.1, -0.05) is 103 Å². The van der Waals surface area contributed by atoms with Crippen molar-refractivity contribution in [3.8, 4) is 28.5 Å². The minimum Gasteiger partial charge on any atom is -0.305 e. The van der Waals surface area contributed by atoms with Crippen LogP contribution in [0.5, 0.6) is 0 Å². The normalized spacial score (nSPS) is 12.2. The van der Waals surface area contributed by atoms with E-state index in [2.05, 4.69) is 76.2 Å². The van der Waals surface area contributed by atoms with Gasteiger partial charge in [-0.05, 0) is 24.3 Å². The minimum atomic E-state index is 0.592. The lowest BCUT2D eigenvalue weighted by Crippen LogP contribution is -2.21. The molecule has 0 N–H and O–H groups in total. The first-order chi connectivity index (χ1) is 18.9. The van der Waals surface area contributed by atoms with E-state index in [0.717, 1.165) is 33.7 Å². The van der Waals surface area contributed by atoms with Crippen molar-refractivity contribution in [2.75, 3.05) is 4.90 Å². The fourth-order valence-corrected chi connectivity index (χ4v) is 5.52. The van der Waals surface area contributed by atoms with E-state index in [9.17, 15) is 0 Å². The molecule has 5 heteroatoms. The highest BCUT2D eigenvalue weighted by molar-refractivity contribution is 6.16. The van der Waals surface area contributed by atoms with Crippen molar-refractivity contribution >= 4 is 39.1 Å². The fraction of sp³-hybridized carbons (Fsp3) is 0. The van der Waals surface area contributed by atoms with Gasteiger partial charge in [-0.25, -0.2) is 4.98 Å². The van der Waals surface area contributed by atoms with Crippen molar-refractivity contribution in [1.29, 1.82) is 0 Å². The molecule has 0 amide bonds. The highest BCUT2D eigenvalue weighted by Crippen LogP contribution is 2.48. The topological polar surface area (TPSA) is 46.8 Å². The molecule has 1 aliphatic heterocycles. The number of nitrogens with zero attached hydrogens (tertiary/aromatic N) is 5. The highest BCUT2D eigenvalue weighted by atomic mass is 15.3. The number of benzene rings is 5. The second kappa shape index (κ2) is 8.11. The first kappa shape index (κ1) is 20.9. The van der Waals surface area contributed by atoms with Crippen molar-refractivity contribution in [2.45, 2.75) is 0 Å². The lowest BCUT2D eigenvalue weighted by molar-refractivity contribution is 1.00. The van der Waals surface area contributed by atoms with E-state index in [-0.39, 0.29) is 0 Å². The number of anilines is 3. The molecular formula is C33H21N5. The summed E-state index contributed by atoms with van der Waals surface area (Å²) in [5.74, 6) is 1.88. The standard InChI is InChI=1S/C33H21N5/c1-3-12-22(13-4-1)31-34-32(23-14-5-2-6-15-23)36-33(35-31)38-28-20-10-9-19-27(28)37-26-18-8-7-16-24(26)25-17-11-21-29(38)30(25)37/h1-21H. The number of rotatable bonds is 3. The first-order valence-corrected chi connectivity index (χ1v) is 12.7. The van der Waals surface area contributed by atoms with Crippen molar-refractivity contribution in [1.82, 2.24) is 19.5 Å². The van der Waals surface area contributed by atoms with Crippen molar-refractivity contribution in [3.63, 3.8) is 0 Å². The van der Waals surface area contributed by atoms with E-state index in [0.29, 0.717) is 17.6 Å². The van der Waals surface area contributed by atoms with Gasteiger partial charge in [0.15, 0.2) is 11.6 Å². The molecule has 0 spiro atoms. The Morgan fingerprint density at radius 2 is 0.974 bits per heavy atom. The summed E-state index contributed by atoms with van der Waals surface area (Å²) in [6, 6.07) is 43.7. The third kappa shape index (κ3) is 3.02. The average molecular weight is 488 g/mol. The average Bonchev–Trinajstić information content (AvgIpc) is 3.34. The van der Waals surface area contributed by atoms with Gasteiger partial charge in [0, 0.05) is 21.9 Å². The molecule has 0 saturated heterocycles. The van der Waals surface area contributed by atoms with Gasteiger partial charge in [0.05, 0.1) is 28.1 Å². The van der Waals surface area contributed by atoms with Crippen LogP contribution < -0.4 is 4.90 Å². The predicted molar refractivity (Wildman–Crippen MR) is 153 cm³/mol. The molecule has 0 radical (unpaired) electrons. The second-order valence-corrected chi connectivity index (χ2v) is 9.36. The Morgan fingerprint density at radius 1 is 0.421 bits per heavy atom. The Morgan fingerprint density at radius 3 is 1.68 bits per heavy atom. The summed E-state index contributed by atoms with van der Waals surface area (Å²) in [4.78, 5) is 17.2. The number of hydrogen-bond donors (Lipinski definition) is 0. The predicted octanol–water partition coefficient (Wildman–Crippen LogP) is 8.09. The molecule has 5 aromatic carbocycles. The maximum absolute atomic E-state index is 5.06. The van der Waals surface area contributed by atoms with Gasteiger partial charge in [0.2, 0.25) is 5.95 Å². The molecule has 3 heterocycles. The van der Waals surface area contributed by atoms with Crippen molar-refractivity contribution in [3.05, 3.63) is 127 Å². The van der Waals surface area contributed by atoms with E-state index in [1.165, 1.54) is 16.3 Å². The molecule has 2 aromatic heterocycles. The van der Waals surface area contributed by atoms with Crippen LogP contribution in [0, 0.1) is 0 Å². The zero-order chi connectivity index (χ0) is 25.1. The Balaban J connectivity index is 1.46. The van der Waals surface area contributed by atoms with Crippen molar-refractivity contribution in [2.24, 2.45) is 0 Å². The molecule has 7 aromatic rings. The van der Waals surface area contributed by atoms with Crippen LogP contribution in [-0.4, -0.2) is 19.5 Å². The van der Waals surface area contributed by atoms with E-state index in [1.807, 2.05) is 60.7 Å². The molecule has 0 atom stereocenters. The van der Waals surface area contributed by atoms with E-state index >= 15 is 0 Å². The molecule has 0 saturated carbocycles. The van der Waals surface area contributed by atoms with Gasteiger partial charge in [0.25, 0.3) is 0 Å². The van der Waals surface area contributed by atoms with E-state index in [4.69, 9.17) is 15.0 Å². The van der Waals surface area contributed by atoms with Crippen LogP contribution in [0.2, 0.25) is 0 Å². The Kier molecular flexibility index (Phi) is 4.45. The summed E-state index contributed by atoms with van der Waals surface area (Å²) < 4.78 is 2.36. The third-order valence-electron chi connectivity index (χ3n) is 7.17. The molecule has 1 aliphatic rings. The summed E-state index contributed by atoms with van der Waals surface area (Å²) >= 11 is 0. The van der Waals surface area contributed by atoms with Crippen LogP contribution in [-0.2, 0) is 0 Å². The Hall–Kier alpha value is -5.29. The van der Waals surface area contributed by atoms with Crippen LogP contribution in [0.15, 0.2) is 127 Å². The quantitative estimate of drug-likeness (QED) is 0.253. The first-order valence-electron chi connectivity index (χ1n) is 12.7. The van der Waals surface area contributed by atoms with Gasteiger partial charge < -0.3 is 4.57 Å². The molecule has 0 bridgehead atoms. The van der Waals surface area contributed by atoms with E-state index in [1.54, 1.807) is 0 Å². The molecule has 0 fully saturated rings. The molecule has 0 unspecified atom stereocenters. The molecule has 8 rings (SSSR count). The number of para-hydroxylation sites is 4. The zero-order valence-electron chi connectivity index (χ0n) is 20.4. The van der Waals surface area contributed by atoms with Gasteiger partial charge in [-0.2, -0.15) is 9.97 Å². The lowest BCUT2D eigenvalue weighted by Gasteiger charge is -2.31. The summed E-state index contributed by atoms with van der Waals surface area (Å²) in [6.45, 7) is 0. The summed E-state index contributed by atoms with van der Waals surface area (Å²) in [6.07, 6.45) is 0. The molecular weight excluding hydrogens is 466 g/mol. The van der Waals surface area contributed by atoms with Crippen LogP contribution in [0.4, 0.5) is 17.3 Å². The van der Waals surface area contributed by atoms with Crippen LogP contribution in [0.3, 0.4) is 0 Å². The SMILES string of the molecule is c1ccc(-c2nc(-c3ccccc3)nc(N3c4ccccc4-n4c5ccccc5c5cccc3c54)n2)cc1. The minimum absolute atomic E-state index is 0.592.